The Labute approximate surface area is 167 Å². The van der Waals surface area contributed by atoms with Crippen molar-refractivity contribution in [3.63, 3.8) is 0 Å². The number of imidazole rings is 1. The quantitative estimate of drug-likeness (QED) is 0.584. The Morgan fingerprint density at radius 1 is 0.931 bits per heavy atom. The van der Waals surface area contributed by atoms with Crippen LogP contribution in [0.25, 0.3) is 11.4 Å². The number of ether oxygens (including phenoxy) is 1. The smallest absolute Gasteiger partial charge is 0.432 e. The number of para-hydroxylation sites is 1. The number of halogens is 3. The number of H-pyrrole nitrogens is 1. The average Bonchev–Trinajstić information content (AvgIpc) is 3.25. The fourth-order valence-electron chi connectivity index (χ4n) is 3.75. The lowest BCUT2D eigenvalue weighted by molar-refractivity contribution is -0.140. The summed E-state index contributed by atoms with van der Waals surface area (Å²) in [6.07, 6.45) is 2.20. The van der Waals surface area contributed by atoms with E-state index in [0.29, 0.717) is 17.4 Å². The van der Waals surface area contributed by atoms with E-state index in [1.165, 1.54) is 0 Å². The normalized spacial score (nSPS) is 19.8. The number of rotatable bonds is 5. The van der Waals surface area contributed by atoms with Gasteiger partial charge in [-0.1, -0.05) is 18.2 Å². The second-order valence-electron chi connectivity index (χ2n) is 7.46. The molecule has 1 fully saturated rings. The molecule has 1 aliphatic carbocycles. The first-order valence-electron chi connectivity index (χ1n) is 9.75. The zero-order chi connectivity index (χ0) is 20.3. The van der Waals surface area contributed by atoms with E-state index in [4.69, 9.17) is 4.74 Å². The monoisotopic (exact) mass is 401 g/mol. The standard InChI is InChI=1S/C22H22F3N3O/c23-22(24,25)20-13-27-21(28-20)17-10-11-19(26-12-17)16-8-6-15(7-9-16)14-29-18-4-2-1-3-5-18/h1-5,10-13,15-16H,6-9,14H2,(H,27,28). The van der Waals surface area contributed by atoms with Gasteiger partial charge < -0.3 is 9.72 Å². The van der Waals surface area contributed by atoms with Crippen molar-refractivity contribution in [2.45, 2.75) is 37.8 Å². The topological polar surface area (TPSA) is 50.8 Å². The van der Waals surface area contributed by atoms with E-state index in [0.717, 1.165) is 49.9 Å². The summed E-state index contributed by atoms with van der Waals surface area (Å²) >= 11 is 0. The summed E-state index contributed by atoms with van der Waals surface area (Å²) in [5, 5.41) is 0. The molecule has 3 aromatic rings. The van der Waals surface area contributed by atoms with Crippen LogP contribution in [0.15, 0.2) is 54.9 Å². The second-order valence-corrected chi connectivity index (χ2v) is 7.46. The zero-order valence-corrected chi connectivity index (χ0v) is 15.8. The summed E-state index contributed by atoms with van der Waals surface area (Å²) in [5.74, 6) is 1.99. The number of aromatic amines is 1. The van der Waals surface area contributed by atoms with Gasteiger partial charge >= 0.3 is 6.18 Å². The molecule has 29 heavy (non-hydrogen) atoms. The van der Waals surface area contributed by atoms with Crippen LogP contribution < -0.4 is 4.74 Å². The molecule has 0 saturated heterocycles. The fraction of sp³-hybridized carbons (Fsp3) is 0.364. The third-order valence-corrected chi connectivity index (χ3v) is 5.43. The molecule has 152 valence electrons. The molecular formula is C22H22F3N3O. The summed E-state index contributed by atoms with van der Waals surface area (Å²) in [4.78, 5) is 10.6. The van der Waals surface area contributed by atoms with E-state index in [9.17, 15) is 13.2 Å². The molecule has 1 aromatic carbocycles. The van der Waals surface area contributed by atoms with E-state index in [2.05, 4.69) is 15.0 Å². The van der Waals surface area contributed by atoms with Gasteiger partial charge in [0.2, 0.25) is 0 Å². The molecule has 0 atom stereocenters. The second kappa shape index (κ2) is 8.27. The maximum Gasteiger partial charge on any atom is 0.432 e. The lowest BCUT2D eigenvalue weighted by atomic mass is 9.80. The average molecular weight is 401 g/mol. The molecular weight excluding hydrogens is 379 g/mol. The van der Waals surface area contributed by atoms with Crippen molar-refractivity contribution in [2.24, 2.45) is 5.92 Å². The van der Waals surface area contributed by atoms with Gasteiger partial charge in [-0.3, -0.25) is 4.98 Å². The predicted molar refractivity (Wildman–Crippen MR) is 103 cm³/mol. The van der Waals surface area contributed by atoms with Crippen molar-refractivity contribution in [3.05, 3.63) is 66.2 Å². The van der Waals surface area contributed by atoms with Gasteiger partial charge in [-0.05, 0) is 55.9 Å². The summed E-state index contributed by atoms with van der Waals surface area (Å²) < 4.78 is 44.0. The molecule has 4 nitrogen and oxygen atoms in total. The largest absolute Gasteiger partial charge is 0.493 e. The molecule has 1 aliphatic rings. The first kappa shape index (κ1) is 19.5. The highest BCUT2D eigenvalue weighted by Crippen LogP contribution is 2.36. The van der Waals surface area contributed by atoms with Gasteiger partial charge in [-0.2, -0.15) is 13.2 Å². The van der Waals surface area contributed by atoms with Crippen LogP contribution in [0.1, 0.15) is 43.0 Å². The third-order valence-electron chi connectivity index (χ3n) is 5.43. The van der Waals surface area contributed by atoms with Gasteiger partial charge in [0.25, 0.3) is 0 Å². The molecule has 7 heteroatoms. The third kappa shape index (κ3) is 4.78. The highest BCUT2D eigenvalue weighted by atomic mass is 19.4. The van der Waals surface area contributed by atoms with Crippen LogP contribution in [0, 0.1) is 5.92 Å². The van der Waals surface area contributed by atoms with E-state index < -0.39 is 11.9 Å². The molecule has 0 bridgehead atoms. The number of hydrogen-bond donors (Lipinski definition) is 1. The Hall–Kier alpha value is -2.83. The summed E-state index contributed by atoms with van der Waals surface area (Å²) in [6, 6.07) is 13.5. The van der Waals surface area contributed by atoms with Gasteiger partial charge in [-0.15, -0.1) is 0 Å². The lowest BCUT2D eigenvalue weighted by Crippen LogP contribution is -2.19. The Balaban J connectivity index is 1.31. The Kier molecular flexibility index (Phi) is 5.56. The molecule has 0 amide bonds. The molecule has 0 spiro atoms. The van der Waals surface area contributed by atoms with Crippen molar-refractivity contribution < 1.29 is 17.9 Å². The molecule has 0 radical (unpaired) electrons. The van der Waals surface area contributed by atoms with Gasteiger partial charge in [0.05, 0.1) is 12.8 Å². The number of pyridine rings is 1. The van der Waals surface area contributed by atoms with Crippen LogP contribution >= 0.6 is 0 Å². The minimum Gasteiger partial charge on any atom is -0.493 e. The van der Waals surface area contributed by atoms with Crippen molar-refractivity contribution in [3.8, 4) is 17.1 Å². The molecule has 1 saturated carbocycles. The van der Waals surface area contributed by atoms with E-state index >= 15 is 0 Å². The zero-order valence-electron chi connectivity index (χ0n) is 15.8. The number of nitrogens with zero attached hydrogens (tertiary/aromatic N) is 2. The van der Waals surface area contributed by atoms with Crippen LogP contribution in [0.2, 0.25) is 0 Å². The predicted octanol–water partition coefficient (Wildman–Crippen LogP) is 5.84. The number of nitrogens with one attached hydrogen (secondary N) is 1. The first-order valence-corrected chi connectivity index (χ1v) is 9.75. The van der Waals surface area contributed by atoms with Gasteiger partial charge in [0.1, 0.15) is 17.3 Å². The van der Waals surface area contributed by atoms with E-state index in [1.807, 2.05) is 36.4 Å². The van der Waals surface area contributed by atoms with Gasteiger partial charge in [-0.25, -0.2) is 4.98 Å². The minimum absolute atomic E-state index is 0.179. The minimum atomic E-state index is -4.43. The van der Waals surface area contributed by atoms with Gasteiger partial charge in [0.15, 0.2) is 0 Å². The van der Waals surface area contributed by atoms with E-state index in [1.54, 1.807) is 12.3 Å². The SMILES string of the molecule is FC(F)(F)c1cnc(-c2ccc(C3CCC(COc4ccccc4)CC3)nc2)[nH]1. The maximum atomic E-state index is 12.7. The number of hydrogen-bond acceptors (Lipinski definition) is 3. The summed E-state index contributed by atoms with van der Waals surface area (Å²) in [7, 11) is 0. The summed E-state index contributed by atoms with van der Waals surface area (Å²) in [6.45, 7) is 0.725. The van der Waals surface area contributed by atoms with Crippen LogP contribution in [0.5, 0.6) is 5.75 Å². The number of benzene rings is 1. The molecule has 2 heterocycles. The number of aromatic nitrogens is 3. The lowest BCUT2D eigenvalue weighted by Gasteiger charge is -2.28. The highest BCUT2D eigenvalue weighted by molar-refractivity contribution is 5.54. The van der Waals surface area contributed by atoms with Crippen LogP contribution in [-0.4, -0.2) is 21.6 Å². The molecule has 2 aromatic heterocycles. The summed E-state index contributed by atoms with van der Waals surface area (Å²) in [5.41, 5.74) is 0.681. The highest BCUT2D eigenvalue weighted by Gasteiger charge is 2.33. The van der Waals surface area contributed by atoms with Gasteiger partial charge in [0, 0.05) is 23.4 Å². The molecule has 4 rings (SSSR count). The molecule has 0 unspecified atom stereocenters. The Morgan fingerprint density at radius 2 is 1.69 bits per heavy atom. The van der Waals surface area contributed by atoms with Crippen molar-refractivity contribution in [1.82, 2.24) is 15.0 Å². The first-order chi connectivity index (χ1) is 14.0. The fourth-order valence-corrected chi connectivity index (χ4v) is 3.75. The van der Waals surface area contributed by atoms with Crippen LogP contribution in [-0.2, 0) is 6.18 Å². The van der Waals surface area contributed by atoms with Crippen LogP contribution in [0.4, 0.5) is 13.2 Å². The van der Waals surface area contributed by atoms with E-state index in [-0.39, 0.29) is 5.82 Å². The molecule has 1 N–H and O–H groups in total. The van der Waals surface area contributed by atoms with Crippen molar-refractivity contribution in [2.75, 3.05) is 6.61 Å². The van der Waals surface area contributed by atoms with Crippen molar-refractivity contribution in [1.29, 1.82) is 0 Å². The maximum absolute atomic E-state index is 12.7. The molecule has 0 aliphatic heterocycles. The Bertz CT molecular complexity index is 914. The number of alkyl halides is 3. The van der Waals surface area contributed by atoms with Crippen LogP contribution in [0.3, 0.4) is 0 Å². The Morgan fingerprint density at radius 3 is 2.31 bits per heavy atom. The van der Waals surface area contributed by atoms with Crippen molar-refractivity contribution >= 4 is 0 Å².